The first-order chi connectivity index (χ1) is 10.7. The topological polar surface area (TPSA) is 159 Å². The summed E-state index contributed by atoms with van der Waals surface area (Å²) in [5, 5.41) is 31.5. The molecule has 0 saturated heterocycles. The highest BCUT2D eigenvalue weighted by Crippen LogP contribution is 2.22. The van der Waals surface area contributed by atoms with Crippen LogP contribution in [0.2, 0.25) is 0 Å². The van der Waals surface area contributed by atoms with Crippen molar-refractivity contribution in [2.45, 2.75) is 12.5 Å². The molecule has 0 amide bonds. The minimum Gasteiger partial charge on any atom is -0.382 e. The molecule has 2 aromatic heterocycles. The maximum absolute atomic E-state index is 12.1. The minimum absolute atomic E-state index is 0.0613. The summed E-state index contributed by atoms with van der Waals surface area (Å²) >= 11 is 0. The molecule has 0 saturated carbocycles. The van der Waals surface area contributed by atoms with E-state index in [0.29, 0.717) is 0 Å². The molecule has 0 aliphatic carbocycles. The maximum Gasteiger partial charge on any atom is 0.343 e. The summed E-state index contributed by atoms with van der Waals surface area (Å²) in [5.41, 5.74) is 0. The fourth-order valence-electron chi connectivity index (χ4n) is 2.08. The molecule has 2 rings (SSSR count). The standard InChI is InChI=1S/C11H12N6O6/c1-14-8(16(20)21)4-12-10(14)6(18)3-7(19)11-13-5-9(15(11)2)17(22)23/h4-6,18H,3H2,1-2H3. The zero-order valence-electron chi connectivity index (χ0n) is 12.1. The Morgan fingerprint density at radius 3 is 2.17 bits per heavy atom. The molecule has 23 heavy (non-hydrogen) atoms. The molecule has 0 fully saturated rings. The summed E-state index contributed by atoms with van der Waals surface area (Å²) in [6, 6.07) is 0. The number of aromatic nitrogens is 4. The van der Waals surface area contributed by atoms with Gasteiger partial charge in [-0.15, -0.1) is 0 Å². The lowest BCUT2D eigenvalue weighted by atomic mass is 10.1. The monoisotopic (exact) mass is 324 g/mol. The van der Waals surface area contributed by atoms with Gasteiger partial charge >= 0.3 is 11.6 Å². The number of carbonyl (C=O) groups excluding carboxylic acids is 1. The smallest absolute Gasteiger partial charge is 0.343 e. The summed E-state index contributed by atoms with van der Waals surface area (Å²) in [6.07, 6.45) is 0.0288. The van der Waals surface area contributed by atoms with Gasteiger partial charge < -0.3 is 25.3 Å². The fourth-order valence-corrected chi connectivity index (χ4v) is 2.08. The van der Waals surface area contributed by atoms with Gasteiger partial charge in [0.15, 0.2) is 0 Å². The van der Waals surface area contributed by atoms with Crippen LogP contribution in [0.25, 0.3) is 0 Å². The van der Waals surface area contributed by atoms with Crippen LogP contribution in [-0.2, 0) is 14.1 Å². The molecule has 122 valence electrons. The Labute approximate surface area is 128 Å². The van der Waals surface area contributed by atoms with Gasteiger partial charge in [-0.25, -0.2) is 19.1 Å². The third kappa shape index (κ3) is 2.91. The van der Waals surface area contributed by atoms with Crippen LogP contribution in [-0.4, -0.2) is 39.8 Å². The number of nitro groups is 2. The van der Waals surface area contributed by atoms with Gasteiger partial charge in [0.25, 0.3) is 5.82 Å². The average Bonchev–Trinajstić information content (AvgIpc) is 3.01. The quantitative estimate of drug-likeness (QED) is 0.450. The first kappa shape index (κ1) is 16.2. The summed E-state index contributed by atoms with van der Waals surface area (Å²) in [7, 11) is 2.64. The van der Waals surface area contributed by atoms with E-state index in [4.69, 9.17) is 0 Å². The van der Waals surface area contributed by atoms with Gasteiger partial charge in [-0.3, -0.25) is 4.79 Å². The van der Waals surface area contributed by atoms with E-state index in [-0.39, 0.29) is 23.3 Å². The number of rotatable bonds is 6. The van der Waals surface area contributed by atoms with Crippen molar-refractivity contribution in [2.75, 3.05) is 0 Å². The number of nitrogens with zero attached hydrogens (tertiary/aromatic N) is 6. The Morgan fingerprint density at radius 1 is 1.17 bits per heavy atom. The number of carbonyl (C=O) groups is 1. The molecule has 1 atom stereocenters. The van der Waals surface area contributed by atoms with Crippen molar-refractivity contribution in [3.05, 3.63) is 44.3 Å². The van der Waals surface area contributed by atoms with Crippen LogP contribution in [0.5, 0.6) is 0 Å². The third-order valence-electron chi connectivity index (χ3n) is 3.26. The highest BCUT2D eigenvalue weighted by atomic mass is 16.6. The number of aliphatic hydroxyl groups excluding tert-OH is 1. The van der Waals surface area contributed by atoms with Crippen molar-refractivity contribution >= 4 is 17.4 Å². The van der Waals surface area contributed by atoms with Crippen LogP contribution >= 0.6 is 0 Å². The zero-order valence-corrected chi connectivity index (χ0v) is 12.1. The SMILES string of the molecule is Cn1c([N+](=O)[O-])cnc1C(=O)CC(O)c1ncc([N+](=O)[O-])n1C. The summed E-state index contributed by atoms with van der Waals surface area (Å²) < 4.78 is 2.05. The highest BCUT2D eigenvalue weighted by Gasteiger charge is 2.29. The van der Waals surface area contributed by atoms with Gasteiger partial charge in [0.2, 0.25) is 11.6 Å². The van der Waals surface area contributed by atoms with Crippen LogP contribution in [0.3, 0.4) is 0 Å². The van der Waals surface area contributed by atoms with E-state index in [1.165, 1.54) is 14.1 Å². The normalized spacial score (nSPS) is 12.1. The second-order valence-corrected chi connectivity index (χ2v) is 4.69. The predicted molar refractivity (Wildman–Crippen MR) is 73.6 cm³/mol. The Bertz CT molecular complexity index is 793. The van der Waals surface area contributed by atoms with Gasteiger partial charge in [0.05, 0.1) is 20.5 Å². The van der Waals surface area contributed by atoms with Crippen LogP contribution in [0.4, 0.5) is 11.6 Å². The molecule has 0 spiro atoms. The van der Waals surface area contributed by atoms with Crippen molar-refractivity contribution in [3.63, 3.8) is 0 Å². The summed E-state index contributed by atoms with van der Waals surface area (Å²) in [4.78, 5) is 39.6. The Balaban J connectivity index is 2.20. The van der Waals surface area contributed by atoms with Crippen molar-refractivity contribution in [2.24, 2.45) is 14.1 Å². The number of ketones is 1. The molecule has 12 heteroatoms. The molecule has 0 radical (unpaired) electrons. The van der Waals surface area contributed by atoms with Crippen LogP contribution in [0, 0.1) is 20.2 Å². The third-order valence-corrected chi connectivity index (χ3v) is 3.26. The number of imidazole rings is 2. The van der Waals surface area contributed by atoms with Crippen molar-refractivity contribution in [3.8, 4) is 0 Å². The lowest BCUT2D eigenvalue weighted by molar-refractivity contribution is -0.392. The molecular weight excluding hydrogens is 312 g/mol. The molecule has 0 aliphatic heterocycles. The van der Waals surface area contributed by atoms with Crippen molar-refractivity contribution in [1.29, 1.82) is 0 Å². The first-order valence-corrected chi connectivity index (χ1v) is 6.27. The molecule has 0 aromatic carbocycles. The van der Waals surface area contributed by atoms with E-state index in [2.05, 4.69) is 9.97 Å². The predicted octanol–water partition coefficient (Wildman–Crippen LogP) is 0.276. The number of Topliss-reactive ketones (excluding diaryl/α,β-unsaturated/α-hetero) is 1. The number of aliphatic hydroxyl groups is 1. The molecule has 0 bridgehead atoms. The second kappa shape index (κ2) is 5.92. The summed E-state index contributed by atoms with van der Waals surface area (Å²) in [5.74, 6) is -1.61. The Kier molecular flexibility index (Phi) is 4.18. The van der Waals surface area contributed by atoms with Crippen LogP contribution in [0.15, 0.2) is 12.4 Å². The molecular formula is C11H12N6O6. The van der Waals surface area contributed by atoms with Gasteiger partial charge in [-0.05, 0) is 9.85 Å². The van der Waals surface area contributed by atoms with E-state index in [0.717, 1.165) is 21.5 Å². The molecule has 12 nitrogen and oxygen atoms in total. The van der Waals surface area contributed by atoms with E-state index in [9.17, 15) is 30.1 Å². The van der Waals surface area contributed by atoms with Crippen LogP contribution in [0.1, 0.15) is 29.0 Å². The molecule has 1 unspecified atom stereocenters. The summed E-state index contributed by atoms with van der Waals surface area (Å²) in [6.45, 7) is 0. The fraction of sp³-hybridized carbons (Fsp3) is 0.364. The lowest BCUT2D eigenvalue weighted by Gasteiger charge is -2.06. The van der Waals surface area contributed by atoms with Gasteiger partial charge in [-0.2, -0.15) is 0 Å². The first-order valence-electron chi connectivity index (χ1n) is 6.27. The van der Waals surface area contributed by atoms with Crippen molar-refractivity contribution < 1.29 is 19.7 Å². The minimum atomic E-state index is -1.41. The maximum atomic E-state index is 12.1. The van der Waals surface area contributed by atoms with E-state index < -0.39 is 28.2 Å². The Hall–Kier alpha value is -3.15. The van der Waals surface area contributed by atoms with Crippen LogP contribution < -0.4 is 0 Å². The number of hydrogen-bond acceptors (Lipinski definition) is 8. The Morgan fingerprint density at radius 2 is 1.70 bits per heavy atom. The lowest BCUT2D eigenvalue weighted by Crippen LogP contribution is -2.15. The molecule has 2 aromatic rings. The average molecular weight is 324 g/mol. The molecule has 2 heterocycles. The van der Waals surface area contributed by atoms with E-state index in [1.54, 1.807) is 0 Å². The van der Waals surface area contributed by atoms with E-state index in [1.807, 2.05) is 0 Å². The second-order valence-electron chi connectivity index (χ2n) is 4.69. The van der Waals surface area contributed by atoms with Gasteiger partial charge in [0, 0.05) is 0 Å². The molecule has 0 aliphatic rings. The van der Waals surface area contributed by atoms with Crippen molar-refractivity contribution in [1.82, 2.24) is 19.1 Å². The number of hydrogen-bond donors (Lipinski definition) is 1. The van der Waals surface area contributed by atoms with Gasteiger partial charge in [-0.1, -0.05) is 0 Å². The largest absolute Gasteiger partial charge is 0.382 e. The molecule has 1 N–H and O–H groups in total. The van der Waals surface area contributed by atoms with E-state index >= 15 is 0 Å². The zero-order chi connectivity index (χ0) is 17.3. The highest BCUT2D eigenvalue weighted by molar-refractivity contribution is 5.93. The van der Waals surface area contributed by atoms with Gasteiger partial charge in [0.1, 0.15) is 18.5 Å².